The summed E-state index contributed by atoms with van der Waals surface area (Å²) in [5.41, 5.74) is 0.108. The average Bonchev–Trinajstić information content (AvgIpc) is 2.54. The zero-order chi connectivity index (χ0) is 15.9. The van der Waals surface area contributed by atoms with Gasteiger partial charge in [-0.2, -0.15) is 5.26 Å². The summed E-state index contributed by atoms with van der Waals surface area (Å²) in [5.74, 6) is -1.64. The van der Waals surface area contributed by atoms with Crippen LogP contribution in [0.5, 0.6) is 5.75 Å². The Hall–Kier alpha value is -2.79. The van der Waals surface area contributed by atoms with E-state index >= 15 is 0 Å². The first-order chi connectivity index (χ1) is 10.6. The van der Waals surface area contributed by atoms with E-state index in [0.717, 1.165) is 12.1 Å². The minimum Gasteiger partial charge on any atom is -0.491 e. The van der Waals surface area contributed by atoms with Crippen molar-refractivity contribution in [2.45, 2.75) is 6.10 Å². The van der Waals surface area contributed by atoms with Gasteiger partial charge in [-0.05, 0) is 12.1 Å². The Morgan fingerprint density at radius 3 is 2.77 bits per heavy atom. The number of rotatable bonds is 6. The third-order valence-electron chi connectivity index (χ3n) is 2.64. The summed E-state index contributed by atoms with van der Waals surface area (Å²) in [6.45, 7) is -0.0860. The highest BCUT2D eigenvalue weighted by Crippen LogP contribution is 2.15. The molecule has 1 atom stereocenters. The first kappa shape index (κ1) is 15.6. The number of aromatic nitrogens is 2. The fourth-order valence-corrected chi connectivity index (χ4v) is 1.58. The Labute approximate surface area is 125 Å². The van der Waals surface area contributed by atoms with Gasteiger partial charge in [0.15, 0.2) is 23.1 Å². The summed E-state index contributed by atoms with van der Waals surface area (Å²) in [7, 11) is 0. The van der Waals surface area contributed by atoms with Crippen molar-refractivity contribution in [3.05, 3.63) is 47.9 Å². The molecule has 0 aliphatic heterocycles. The lowest BCUT2D eigenvalue weighted by Crippen LogP contribution is -2.27. The second kappa shape index (κ2) is 7.28. The van der Waals surface area contributed by atoms with Crippen LogP contribution in [0.4, 0.5) is 14.6 Å². The van der Waals surface area contributed by atoms with Gasteiger partial charge in [0.25, 0.3) is 0 Å². The van der Waals surface area contributed by atoms with Crippen molar-refractivity contribution in [3.63, 3.8) is 0 Å². The van der Waals surface area contributed by atoms with E-state index in [2.05, 4.69) is 15.3 Å². The lowest BCUT2D eigenvalue weighted by molar-refractivity contribution is 0.117. The van der Waals surface area contributed by atoms with Gasteiger partial charge in [0.05, 0.1) is 0 Å². The van der Waals surface area contributed by atoms with E-state index in [1.54, 1.807) is 0 Å². The van der Waals surface area contributed by atoms with E-state index in [1.165, 1.54) is 18.5 Å². The molecule has 1 unspecified atom stereocenters. The highest BCUT2D eigenvalue weighted by Gasteiger charge is 2.10. The van der Waals surface area contributed by atoms with Crippen molar-refractivity contribution < 1.29 is 18.6 Å². The number of hydrogen-bond donors (Lipinski definition) is 2. The molecule has 1 aromatic carbocycles. The van der Waals surface area contributed by atoms with Gasteiger partial charge in [-0.3, -0.25) is 0 Å². The average molecular weight is 306 g/mol. The molecule has 2 N–H and O–H groups in total. The van der Waals surface area contributed by atoms with E-state index in [4.69, 9.17) is 10.00 Å². The van der Waals surface area contributed by atoms with Crippen molar-refractivity contribution in [1.82, 2.24) is 9.97 Å². The second-order valence-electron chi connectivity index (χ2n) is 4.29. The molecule has 0 bridgehead atoms. The summed E-state index contributed by atoms with van der Waals surface area (Å²) in [6, 6.07) is 4.95. The van der Waals surface area contributed by atoms with Crippen LogP contribution in [0.3, 0.4) is 0 Å². The first-order valence-corrected chi connectivity index (χ1v) is 6.31. The van der Waals surface area contributed by atoms with Gasteiger partial charge in [-0.25, -0.2) is 18.7 Å². The summed E-state index contributed by atoms with van der Waals surface area (Å²) >= 11 is 0. The van der Waals surface area contributed by atoms with Gasteiger partial charge in [0.2, 0.25) is 0 Å². The molecule has 1 heterocycles. The molecule has 1 aromatic heterocycles. The number of nitrogens with zero attached hydrogens (tertiary/aromatic N) is 3. The maximum Gasteiger partial charge on any atom is 0.182 e. The predicted molar refractivity (Wildman–Crippen MR) is 73.1 cm³/mol. The summed E-state index contributed by atoms with van der Waals surface area (Å²) in [6.07, 6.45) is 1.85. The van der Waals surface area contributed by atoms with E-state index in [-0.39, 0.29) is 30.4 Å². The molecule has 0 saturated heterocycles. The molecule has 0 amide bonds. The zero-order valence-corrected chi connectivity index (χ0v) is 11.3. The standard InChI is InChI=1S/C14H12F2N4O2/c15-11-2-1-10(5-12(11)16)22-8-9(21)7-20-14-13(6-17)18-3-4-19-14/h1-5,9,21H,7-8H2,(H,19,20). The molecule has 8 heteroatoms. The Balaban J connectivity index is 1.84. The number of ether oxygens (including phenoxy) is 1. The minimum absolute atomic E-state index is 0.0526. The highest BCUT2D eigenvalue weighted by molar-refractivity contribution is 5.46. The zero-order valence-electron chi connectivity index (χ0n) is 11.3. The monoisotopic (exact) mass is 306 g/mol. The highest BCUT2D eigenvalue weighted by atomic mass is 19.2. The van der Waals surface area contributed by atoms with E-state index in [1.807, 2.05) is 6.07 Å². The van der Waals surface area contributed by atoms with Crippen LogP contribution >= 0.6 is 0 Å². The van der Waals surface area contributed by atoms with Crippen LogP contribution in [0.2, 0.25) is 0 Å². The molecule has 0 spiro atoms. The van der Waals surface area contributed by atoms with E-state index in [9.17, 15) is 13.9 Å². The molecule has 0 saturated carbocycles. The fraction of sp³-hybridized carbons (Fsp3) is 0.214. The van der Waals surface area contributed by atoms with Crippen molar-refractivity contribution in [2.24, 2.45) is 0 Å². The second-order valence-corrected chi connectivity index (χ2v) is 4.29. The number of nitrogens with one attached hydrogen (secondary N) is 1. The van der Waals surface area contributed by atoms with Crippen LogP contribution in [0.1, 0.15) is 5.69 Å². The topological polar surface area (TPSA) is 91.1 Å². The van der Waals surface area contributed by atoms with Crippen LogP contribution < -0.4 is 10.1 Å². The number of hydrogen-bond acceptors (Lipinski definition) is 6. The molecule has 0 radical (unpaired) electrons. The molecule has 2 aromatic rings. The maximum atomic E-state index is 13.0. The number of benzene rings is 1. The number of anilines is 1. The van der Waals surface area contributed by atoms with Gasteiger partial charge in [-0.15, -0.1) is 0 Å². The Morgan fingerprint density at radius 1 is 1.27 bits per heavy atom. The van der Waals surface area contributed by atoms with Crippen LogP contribution in [-0.2, 0) is 0 Å². The fourth-order valence-electron chi connectivity index (χ4n) is 1.58. The third-order valence-corrected chi connectivity index (χ3v) is 2.64. The number of halogens is 2. The van der Waals surface area contributed by atoms with Crippen molar-refractivity contribution in [2.75, 3.05) is 18.5 Å². The molecule has 0 aliphatic carbocycles. The molecule has 0 aliphatic rings. The van der Waals surface area contributed by atoms with Crippen LogP contribution in [0, 0.1) is 23.0 Å². The molecule has 2 rings (SSSR count). The van der Waals surface area contributed by atoms with Gasteiger partial charge in [-0.1, -0.05) is 0 Å². The van der Waals surface area contributed by atoms with E-state index in [0.29, 0.717) is 0 Å². The Bertz CT molecular complexity index is 691. The Morgan fingerprint density at radius 2 is 2.05 bits per heavy atom. The summed E-state index contributed by atoms with van der Waals surface area (Å²) in [4.78, 5) is 7.73. The third kappa shape index (κ3) is 4.10. The SMILES string of the molecule is N#Cc1nccnc1NCC(O)COc1ccc(F)c(F)c1. The quantitative estimate of drug-likeness (QED) is 0.840. The van der Waals surface area contributed by atoms with E-state index < -0.39 is 17.7 Å². The molecule has 0 fully saturated rings. The molecule has 22 heavy (non-hydrogen) atoms. The van der Waals surface area contributed by atoms with Gasteiger partial charge < -0.3 is 15.2 Å². The minimum atomic E-state index is -1.02. The van der Waals surface area contributed by atoms with Gasteiger partial charge >= 0.3 is 0 Å². The first-order valence-electron chi connectivity index (χ1n) is 6.31. The molecular formula is C14H12F2N4O2. The molecule has 6 nitrogen and oxygen atoms in total. The largest absolute Gasteiger partial charge is 0.491 e. The molecular weight excluding hydrogens is 294 g/mol. The van der Waals surface area contributed by atoms with Crippen molar-refractivity contribution in [1.29, 1.82) is 5.26 Å². The van der Waals surface area contributed by atoms with Crippen LogP contribution in [0.25, 0.3) is 0 Å². The van der Waals surface area contributed by atoms with Crippen molar-refractivity contribution >= 4 is 5.82 Å². The number of nitriles is 1. The van der Waals surface area contributed by atoms with Crippen LogP contribution in [-0.4, -0.2) is 34.3 Å². The van der Waals surface area contributed by atoms with Gasteiger partial charge in [0.1, 0.15) is 24.5 Å². The smallest absolute Gasteiger partial charge is 0.182 e. The normalized spacial score (nSPS) is 11.5. The van der Waals surface area contributed by atoms with Gasteiger partial charge in [0, 0.05) is 25.0 Å². The lowest BCUT2D eigenvalue weighted by atomic mass is 10.3. The number of aliphatic hydroxyl groups excluding tert-OH is 1. The van der Waals surface area contributed by atoms with Crippen molar-refractivity contribution in [3.8, 4) is 11.8 Å². The molecule has 114 valence electrons. The maximum absolute atomic E-state index is 13.0. The Kier molecular flexibility index (Phi) is 5.16. The van der Waals surface area contributed by atoms with Crippen LogP contribution in [0.15, 0.2) is 30.6 Å². The predicted octanol–water partition coefficient (Wildman–Crippen LogP) is 1.48. The summed E-state index contributed by atoms with van der Waals surface area (Å²) < 4.78 is 30.9. The lowest BCUT2D eigenvalue weighted by Gasteiger charge is -2.14. The summed E-state index contributed by atoms with van der Waals surface area (Å²) in [5, 5.41) is 21.4. The number of aliphatic hydroxyl groups is 1.